The van der Waals surface area contributed by atoms with Crippen LogP contribution in [0.5, 0.6) is 0 Å². The van der Waals surface area contributed by atoms with Gasteiger partial charge in [-0.25, -0.2) is 9.18 Å². The minimum atomic E-state index is -1.21. The van der Waals surface area contributed by atoms with Gasteiger partial charge in [-0.15, -0.1) is 0 Å². The Balaban J connectivity index is 1.77. The number of nitrogens with one attached hydrogen (secondary N) is 1. The number of rotatable bonds is 15. The van der Waals surface area contributed by atoms with Crippen LogP contribution in [0.2, 0.25) is 0 Å². The molecule has 254 valence electrons. The second-order valence-corrected chi connectivity index (χ2v) is 12.4. The standard InChI is InChI=1S/C38H43FN2O7/c1-23(2)41-32(19-18-30(42)20-31(43)21-33(44)45)34(27-14-16-29(39)17-15-27)35(26-8-6-5-7-9-26)36(41)37(46)40-22-25-10-12-28(13-11-25)38(47)48-24(3)4/h5-17,23-24,30-31,42-43H,18-22H2,1-4H3,(H,40,46)(H,44,45). The average molecular weight is 659 g/mol. The molecule has 4 aromatic rings. The molecule has 0 aliphatic rings. The summed E-state index contributed by atoms with van der Waals surface area (Å²) in [5, 5.41) is 33.0. The quantitative estimate of drug-likeness (QED) is 0.106. The Hall–Kier alpha value is -4.80. The number of hydrogen-bond donors (Lipinski definition) is 4. The summed E-state index contributed by atoms with van der Waals surface area (Å²) in [6.07, 6.45) is -2.59. The number of carbonyl (C=O) groups is 3. The number of nitrogens with zero attached hydrogens (tertiary/aromatic N) is 1. The lowest BCUT2D eigenvalue weighted by Crippen LogP contribution is -2.27. The first-order chi connectivity index (χ1) is 22.8. The number of ether oxygens (including phenoxy) is 1. The van der Waals surface area contributed by atoms with Crippen LogP contribution in [0, 0.1) is 5.82 Å². The average Bonchev–Trinajstić information content (AvgIpc) is 3.38. The van der Waals surface area contributed by atoms with E-state index in [1.54, 1.807) is 50.2 Å². The zero-order chi connectivity index (χ0) is 35.0. The maximum Gasteiger partial charge on any atom is 0.338 e. The third kappa shape index (κ3) is 9.17. The molecule has 0 radical (unpaired) electrons. The zero-order valence-electron chi connectivity index (χ0n) is 27.7. The van der Waals surface area contributed by atoms with Crippen molar-refractivity contribution in [1.29, 1.82) is 0 Å². The van der Waals surface area contributed by atoms with Crippen LogP contribution in [0.4, 0.5) is 4.39 Å². The van der Waals surface area contributed by atoms with E-state index in [2.05, 4.69) is 5.32 Å². The molecular formula is C38H43FN2O7. The largest absolute Gasteiger partial charge is 0.481 e. The highest BCUT2D eigenvalue weighted by molar-refractivity contribution is 6.05. The first-order valence-electron chi connectivity index (χ1n) is 16.1. The molecule has 9 nitrogen and oxygen atoms in total. The predicted octanol–water partition coefficient (Wildman–Crippen LogP) is 6.56. The smallest absolute Gasteiger partial charge is 0.338 e. The van der Waals surface area contributed by atoms with E-state index in [4.69, 9.17) is 9.84 Å². The van der Waals surface area contributed by atoms with E-state index in [1.807, 2.05) is 48.7 Å². The van der Waals surface area contributed by atoms with Crippen LogP contribution in [0.25, 0.3) is 22.3 Å². The summed E-state index contributed by atoms with van der Waals surface area (Å²) < 4.78 is 21.3. The molecule has 10 heteroatoms. The van der Waals surface area contributed by atoms with Gasteiger partial charge in [0.25, 0.3) is 5.91 Å². The normalized spacial score (nSPS) is 12.6. The molecule has 1 amide bonds. The molecule has 2 atom stereocenters. The van der Waals surface area contributed by atoms with Gasteiger partial charge in [0.2, 0.25) is 0 Å². The summed E-state index contributed by atoms with van der Waals surface area (Å²) in [7, 11) is 0. The Morgan fingerprint density at radius 1 is 0.833 bits per heavy atom. The van der Waals surface area contributed by atoms with Gasteiger partial charge in [0.05, 0.1) is 30.3 Å². The monoisotopic (exact) mass is 658 g/mol. The zero-order valence-corrected chi connectivity index (χ0v) is 27.7. The maximum absolute atomic E-state index is 14.3. The first-order valence-corrected chi connectivity index (χ1v) is 16.1. The number of aliphatic carboxylic acids is 1. The van der Waals surface area contributed by atoms with Gasteiger partial charge in [-0.05, 0) is 87.9 Å². The second kappa shape index (κ2) is 16.3. The second-order valence-electron chi connectivity index (χ2n) is 12.4. The van der Waals surface area contributed by atoms with Gasteiger partial charge in [-0.1, -0.05) is 54.6 Å². The van der Waals surface area contributed by atoms with Crippen LogP contribution >= 0.6 is 0 Å². The number of benzene rings is 3. The van der Waals surface area contributed by atoms with Crippen LogP contribution in [-0.2, 0) is 22.5 Å². The third-order valence-corrected chi connectivity index (χ3v) is 7.89. The van der Waals surface area contributed by atoms with E-state index in [1.165, 1.54) is 12.1 Å². The highest BCUT2D eigenvalue weighted by Crippen LogP contribution is 2.42. The van der Waals surface area contributed by atoms with Crippen LogP contribution in [-0.4, -0.2) is 56.0 Å². The number of hydrogen-bond acceptors (Lipinski definition) is 6. The molecule has 3 aromatic carbocycles. The molecule has 1 aromatic heterocycles. The lowest BCUT2D eigenvalue weighted by molar-refractivity contribution is -0.139. The van der Waals surface area contributed by atoms with Crippen molar-refractivity contribution in [3.8, 4) is 22.3 Å². The highest BCUT2D eigenvalue weighted by atomic mass is 19.1. The van der Waals surface area contributed by atoms with Gasteiger partial charge < -0.3 is 29.9 Å². The van der Waals surface area contributed by atoms with Crippen LogP contribution in [0.3, 0.4) is 0 Å². The van der Waals surface area contributed by atoms with Crippen molar-refractivity contribution in [3.63, 3.8) is 0 Å². The van der Waals surface area contributed by atoms with Gasteiger partial charge >= 0.3 is 11.9 Å². The van der Waals surface area contributed by atoms with Crippen molar-refractivity contribution in [2.45, 2.75) is 84.3 Å². The summed E-state index contributed by atoms with van der Waals surface area (Å²) in [5.74, 6) is -2.34. The Labute approximate surface area is 280 Å². The molecule has 2 unspecified atom stereocenters. The number of amides is 1. The van der Waals surface area contributed by atoms with Gasteiger partial charge in [-0.2, -0.15) is 0 Å². The fourth-order valence-electron chi connectivity index (χ4n) is 5.82. The summed E-state index contributed by atoms with van der Waals surface area (Å²) in [5.41, 5.74) is 5.13. The Bertz CT molecular complexity index is 1700. The molecule has 0 aliphatic heterocycles. The van der Waals surface area contributed by atoms with Crippen molar-refractivity contribution in [3.05, 3.63) is 107 Å². The number of esters is 1. The van der Waals surface area contributed by atoms with Crippen LogP contribution < -0.4 is 5.32 Å². The minimum Gasteiger partial charge on any atom is -0.481 e. The molecule has 0 saturated heterocycles. The number of carboxylic acids is 1. The molecule has 0 aliphatic carbocycles. The summed E-state index contributed by atoms with van der Waals surface area (Å²) in [6, 6.07) is 22.1. The van der Waals surface area contributed by atoms with Crippen LogP contribution in [0.1, 0.15) is 85.1 Å². The Morgan fingerprint density at radius 3 is 2.04 bits per heavy atom. The van der Waals surface area contributed by atoms with E-state index in [-0.39, 0.29) is 43.9 Å². The van der Waals surface area contributed by atoms with Crippen molar-refractivity contribution in [2.24, 2.45) is 0 Å². The van der Waals surface area contributed by atoms with Gasteiger partial charge in [0.15, 0.2) is 0 Å². The lowest BCUT2D eigenvalue weighted by Gasteiger charge is -2.20. The van der Waals surface area contributed by atoms with Crippen molar-refractivity contribution in [1.82, 2.24) is 9.88 Å². The lowest BCUT2D eigenvalue weighted by atomic mass is 9.92. The van der Waals surface area contributed by atoms with E-state index in [0.29, 0.717) is 27.9 Å². The van der Waals surface area contributed by atoms with Crippen molar-refractivity contribution in [2.75, 3.05) is 0 Å². The van der Waals surface area contributed by atoms with E-state index >= 15 is 0 Å². The van der Waals surface area contributed by atoms with Crippen LogP contribution in [0.15, 0.2) is 78.9 Å². The Morgan fingerprint density at radius 2 is 1.46 bits per heavy atom. The molecule has 4 rings (SSSR count). The fourth-order valence-corrected chi connectivity index (χ4v) is 5.82. The van der Waals surface area contributed by atoms with Gasteiger partial charge in [0.1, 0.15) is 11.5 Å². The van der Waals surface area contributed by atoms with E-state index < -0.39 is 36.4 Å². The van der Waals surface area contributed by atoms with Gasteiger partial charge in [0, 0.05) is 29.4 Å². The molecule has 0 bridgehead atoms. The van der Waals surface area contributed by atoms with Crippen molar-refractivity contribution >= 4 is 17.8 Å². The van der Waals surface area contributed by atoms with E-state index in [9.17, 15) is 29.0 Å². The minimum absolute atomic E-state index is 0.118. The topological polar surface area (TPSA) is 138 Å². The molecule has 0 saturated carbocycles. The number of aromatic nitrogens is 1. The summed E-state index contributed by atoms with van der Waals surface area (Å²) >= 11 is 0. The number of halogens is 1. The summed E-state index contributed by atoms with van der Waals surface area (Å²) in [4.78, 5) is 37.6. The number of carbonyl (C=O) groups excluding carboxylic acids is 2. The molecule has 0 spiro atoms. The number of carboxylic acid groups (broad SMARTS) is 1. The molecule has 1 heterocycles. The highest BCUT2D eigenvalue weighted by Gasteiger charge is 2.30. The number of aliphatic hydroxyl groups excluding tert-OH is 2. The maximum atomic E-state index is 14.3. The third-order valence-electron chi connectivity index (χ3n) is 7.89. The van der Waals surface area contributed by atoms with E-state index in [0.717, 1.165) is 16.8 Å². The molecule has 48 heavy (non-hydrogen) atoms. The SMILES string of the molecule is CC(C)OC(=O)c1ccc(CNC(=O)c2c(-c3ccccc3)c(-c3ccc(F)cc3)c(CCC(O)CC(O)CC(=O)O)n2C(C)C)cc1. The summed E-state index contributed by atoms with van der Waals surface area (Å²) in [6.45, 7) is 7.63. The number of aliphatic hydroxyl groups is 2. The Kier molecular flexibility index (Phi) is 12.3. The molecule has 4 N–H and O–H groups in total. The molecular weight excluding hydrogens is 615 g/mol. The first kappa shape index (κ1) is 36.0. The van der Waals surface area contributed by atoms with Crippen molar-refractivity contribution < 1.29 is 38.8 Å². The fraction of sp³-hybridized carbons (Fsp3) is 0.342. The van der Waals surface area contributed by atoms with Gasteiger partial charge in [-0.3, -0.25) is 9.59 Å². The predicted molar refractivity (Wildman–Crippen MR) is 181 cm³/mol. The molecule has 0 fully saturated rings.